The standard InChI is InChI=1S/C25H23N5O3/c31-24(32)9-4-18-2-1-3-19(16-18)22-17-26-30-11-10-23(28-25(22)30)27-20-5-7-21(8-6-20)29-12-14-33-15-13-29/h1-11,16-17H,12-15H2,(H,27,28)(H,31,32)/b9-4+. The summed E-state index contributed by atoms with van der Waals surface area (Å²) >= 11 is 0. The molecule has 1 saturated heterocycles. The van der Waals surface area contributed by atoms with E-state index in [4.69, 9.17) is 14.8 Å². The zero-order valence-electron chi connectivity index (χ0n) is 17.9. The zero-order valence-corrected chi connectivity index (χ0v) is 17.9. The van der Waals surface area contributed by atoms with E-state index in [1.165, 1.54) is 5.69 Å². The molecule has 0 atom stereocenters. The van der Waals surface area contributed by atoms with Crippen molar-refractivity contribution in [3.05, 3.63) is 78.6 Å². The molecule has 2 aromatic carbocycles. The third-order valence-electron chi connectivity index (χ3n) is 5.50. The summed E-state index contributed by atoms with van der Waals surface area (Å²) in [5.74, 6) is -0.267. The molecule has 0 amide bonds. The average Bonchev–Trinajstić information content (AvgIpc) is 3.27. The summed E-state index contributed by atoms with van der Waals surface area (Å²) in [5.41, 5.74) is 5.42. The third kappa shape index (κ3) is 4.70. The lowest BCUT2D eigenvalue weighted by molar-refractivity contribution is -0.131. The molecule has 33 heavy (non-hydrogen) atoms. The number of nitrogens with zero attached hydrogens (tertiary/aromatic N) is 4. The van der Waals surface area contributed by atoms with Crippen molar-refractivity contribution in [3.63, 3.8) is 0 Å². The van der Waals surface area contributed by atoms with Crippen LogP contribution in [-0.2, 0) is 9.53 Å². The van der Waals surface area contributed by atoms with E-state index in [2.05, 4.69) is 27.4 Å². The van der Waals surface area contributed by atoms with Crippen LogP contribution in [0, 0.1) is 0 Å². The van der Waals surface area contributed by atoms with Crippen LogP contribution in [0.4, 0.5) is 17.2 Å². The topological polar surface area (TPSA) is 92.0 Å². The van der Waals surface area contributed by atoms with E-state index in [1.54, 1.807) is 16.8 Å². The van der Waals surface area contributed by atoms with Gasteiger partial charge in [0.25, 0.3) is 0 Å². The highest BCUT2D eigenvalue weighted by molar-refractivity contribution is 5.86. The Morgan fingerprint density at radius 1 is 1.09 bits per heavy atom. The number of ether oxygens (including phenoxy) is 1. The first-order chi connectivity index (χ1) is 16.2. The van der Waals surface area contributed by atoms with Gasteiger partial charge in [0.05, 0.1) is 19.4 Å². The number of carboxylic acid groups (broad SMARTS) is 1. The Morgan fingerprint density at radius 3 is 2.70 bits per heavy atom. The number of aromatic nitrogens is 3. The lowest BCUT2D eigenvalue weighted by atomic mass is 10.1. The van der Waals surface area contributed by atoms with Gasteiger partial charge in [0, 0.05) is 42.3 Å². The molecule has 2 aromatic heterocycles. The van der Waals surface area contributed by atoms with Crippen molar-refractivity contribution in [1.82, 2.24) is 14.6 Å². The monoisotopic (exact) mass is 441 g/mol. The molecular weight excluding hydrogens is 418 g/mol. The second-order valence-corrected chi connectivity index (χ2v) is 7.71. The fraction of sp³-hybridized carbons (Fsp3) is 0.160. The van der Waals surface area contributed by atoms with Crippen LogP contribution in [0.1, 0.15) is 5.56 Å². The molecule has 1 aliphatic heterocycles. The maximum Gasteiger partial charge on any atom is 0.328 e. The molecule has 166 valence electrons. The lowest BCUT2D eigenvalue weighted by Crippen LogP contribution is -2.36. The molecule has 0 radical (unpaired) electrons. The van der Waals surface area contributed by atoms with E-state index >= 15 is 0 Å². The van der Waals surface area contributed by atoms with Crippen LogP contribution in [0.3, 0.4) is 0 Å². The minimum Gasteiger partial charge on any atom is -0.478 e. The van der Waals surface area contributed by atoms with Gasteiger partial charge in [-0.3, -0.25) is 0 Å². The summed E-state index contributed by atoms with van der Waals surface area (Å²) in [6, 6.07) is 17.8. The Morgan fingerprint density at radius 2 is 1.91 bits per heavy atom. The van der Waals surface area contributed by atoms with Crippen LogP contribution in [0.2, 0.25) is 0 Å². The van der Waals surface area contributed by atoms with Crippen LogP contribution >= 0.6 is 0 Å². The van der Waals surface area contributed by atoms with Gasteiger partial charge in [-0.2, -0.15) is 5.10 Å². The second-order valence-electron chi connectivity index (χ2n) is 7.71. The van der Waals surface area contributed by atoms with Crippen LogP contribution in [0.15, 0.2) is 73.1 Å². The Labute approximate surface area is 190 Å². The summed E-state index contributed by atoms with van der Waals surface area (Å²) in [6.45, 7) is 3.33. The lowest BCUT2D eigenvalue weighted by Gasteiger charge is -2.28. The first-order valence-corrected chi connectivity index (χ1v) is 10.7. The number of nitrogens with one attached hydrogen (secondary N) is 1. The molecule has 1 aliphatic rings. The number of morpholine rings is 1. The van der Waals surface area contributed by atoms with Crippen LogP contribution in [0.5, 0.6) is 0 Å². The van der Waals surface area contributed by atoms with Crippen molar-refractivity contribution in [2.45, 2.75) is 0 Å². The van der Waals surface area contributed by atoms with Gasteiger partial charge in [0.2, 0.25) is 0 Å². The van der Waals surface area contributed by atoms with E-state index in [-0.39, 0.29) is 0 Å². The highest BCUT2D eigenvalue weighted by Crippen LogP contribution is 2.27. The predicted octanol–water partition coefficient (Wildman–Crippen LogP) is 4.07. The van der Waals surface area contributed by atoms with Crippen molar-refractivity contribution >= 4 is 34.9 Å². The zero-order chi connectivity index (χ0) is 22.6. The molecule has 0 aliphatic carbocycles. The Balaban J connectivity index is 1.38. The first kappa shape index (κ1) is 20.7. The minimum atomic E-state index is -0.980. The van der Waals surface area contributed by atoms with Crippen molar-refractivity contribution in [2.75, 3.05) is 36.5 Å². The van der Waals surface area contributed by atoms with Crippen molar-refractivity contribution in [3.8, 4) is 11.1 Å². The SMILES string of the molecule is O=C(O)/C=C/c1cccc(-c2cnn3ccc(Nc4ccc(N5CCOCC5)cc4)nc23)c1. The quantitative estimate of drug-likeness (QED) is 0.436. The molecule has 8 heteroatoms. The number of carbonyl (C=O) groups is 1. The van der Waals surface area contributed by atoms with E-state index < -0.39 is 5.97 Å². The average molecular weight is 441 g/mol. The Hall–Kier alpha value is -4.17. The third-order valence-corrected chi connectivity index (χ3v) is 5.50. The number of benzene rings is 2. The summed E-state index contributed by atoms with van der Waals surface area (Å²) in [6.07, 6.45) is 6.33. The van der Waals surface area contributed by atoms with Gasteiger partial charge in [-0.25, -0.2) is 14.3 Å². The Bertz CT molecular complexity index is 1310. The maximum absolute atomic E-state index is 10.8. The number of anilines is 3. The summed E-state index contributed by atoms with van der Waals surface area (Å²) in [5, 5.41) is 16.7. The van der Waals surface area contributed by atoms with Gasteiger partial charge in [-0.1, -0.05) is 18.2 Å². The molecule has 4 aromatic rings. The molecular formula is C25H23N5O3. The number of fused-ring (bicyclic) bond motifs is 1. The first-order valence-electron chi connectivity index (χ1n) is 10.7. The molecule has 0 spiro atoms. The summed E-state index contributed by atoms with van der Waals surface area (Å²) in [4.78, 5) is 17.9. The van der Waals surface area contributed by atoms with Crippen molar-refractivity contribution in [1.29, 1.82) is 0 Å². The maximum atomic E-state index is 10.8. The fourth-order valence-electron chi connectivity index (χ4n) is 3.84. The number of carboxylic acids is 1. The minimum absolute atomic E-state index is 0.712. The van der Waals surface area contributed by atoms with E-state index in [9.17, 15) is 4.79 Å². The van der Waals surface area contributed by atoms with Crippen molar-refractivity contribution in [2.24, 2.45) is 0 Å². The summed E-state index contributed by atoms with van der Waals surface area (Å²) < 4.78 is 7.15. The van der Waals surface area contributed by atoms with Crippen molar-refractivity contribution < 1.29 is 14.6 Å². The van der Waals surface area contributed by atoms with Gasteiger partial charge in [-0.05, 0) is 53.6 Å². The summed E-state index contributed by atoms with van der Waals surface area (Å²) in [7, 11) is 0. The second kappa shape index (κ2) is 9.13. The van der Waals surface area contributed by atoms with Gasteiger partial charge < -0.3 is 20.1 Å². The number of rotatable bonds is 6. The van der Waals surface area contributed by atoms with E-state index in [1.807, 2.05) is 48.7 Å². The normalized spacial score (nSPS) is 14.1. The molecule has 0 saturated carbocycles. The van der Waals surface area contributed by atoms with Gasteiger partial charge in [0.15, 0.2) is 5.65 Å². The fourth-order valence-corrected chi connectivity index (χ4v) is 3.84. The number of hydrogen-bond acceptors (Lipinski definition) is 6. The van der Waals surface area contributed by atoms with E-state index in [0.717, 1.165) is 54.8 Å². The molecule has 5 rings (SSSR count). The largest absolute Gasteiger partial charge is 0.478 e. The highest BCUT2D eigenvalue weighted by Gasteiger charge is 2.12. The smallest absolute Gasteiger partial charge is 0.328 e. The van der Waals surface area contributed by atoms with Gasteiger partial charge in [-0.15, -0.1) is 0 Å². The molecule has 2 N–H and O–H groups in total. The van der Waals surface area contributed by atoms with Crippen LogP contribution in [0.25, 0.3) is 22.9 Å². The molecule has 0 unspecified atom stereocenters. The number of hydrogen-bond donors (Lipinski definition) is 2. The molecule has 0 bridgehead atoms. The van der Waals surface area contributed by atoms with Crippen LogP contribution < -0.4 is 10.2 Å². The van der Waals surface area contributed by atoms with Crippen LogP contribution in [-0.4, -0.2) is 52.0 Å². The molecule has 1 fully saturated rings. The predicted molar refractivity (Wildman–Crippen MR) is 128 cm³/mol. The molecule has 3 heterocycles. The molecule has 8 nitrogen and oxygen atoms in total. The van der Waals surface area contributed by atoms with Gasteiger partial charge in [0.1, 0.15) is 5.82 Å². The Kier molecular flexibility index (Phi) is 5.73. The van der Waals surface area contributed by atoms with E-state index in [0.29, 0.717) is 11.5 Å². The van der Waals surface area contributed by atoms with Gasteiger partial charge >= 0.3 is 5.97 Å². The highest BCUT2D eigenvalue weighted by atomic mass is 16.5. The number of aliphatic carboxylic acids is 1.